The van der Waals surface area contributed by atoms with Crippen LogP contribution in [0.4, 0.5) is 0 Å². The minimum Gasteiger partial charge on any atom is -0.0843 e. The molecule has 5 aromatic carbocycles. The highest BCUT2D eigenvalue weighted by molar-refractivity contribution is 9.10. The van der Waals surface area contributed by atoms with Crippen LogP contribution in [0.2, 0.25) is 5.02 Å². The molecule has 1 aliphatic rings. The first-order chi connectivity index (χ1) is 16.2. The number of fused-ring (bicyclic) bond motifs is 3. The number of halogens is 2. The molecule has 0 bridgehead atoms. The SMILES string of the molecule is Clc1ccc(-c2ccc3c(c2)C(c2ccccc2)(c2ccccc2)c2cc(Br)ccc2-3)cc1. The highest BCUT2D eigenvalue weighted by atomic mass is 79.9. The van der Waals surface area contributed by atoms with Crippen molar-refractivity contribution in [3.8, 4) is 22.3 Å². The molecule has 0 fully saturated rings. The van der Waals surface area contributed by atoms with Gasteiger partial charge in [0.25, 0.3) is 0 Å². The zero-order valence-electron chi connectivity index (χ0n) is 17.8. The molecule has 2 heteroatoms. The van der Waals surface area contributed by atoms with Crippen molar-refractivity contribution in [2.45, 2.75) is 5.41 Å². The second-order valence-electron chi connectivity index (χ2n) is 8.44. The van der Waals surface area contributed by atoms with Crippen LogP contribution in [0.3, 0.4) is 0 Å². The molecular weight excluding hydrogens is 488 g/mol. The van der Waals surface area contributed by atoms with Crippen molar-refractivity contribution in [3.05, 3.63) is 153 Å². The largest absolute Gasteiger partial charge is 0.0843 e. The normalized spacial score (nSPS) is 13.4. The van der Waals surface area contributed by atoms with Crippen molar-refractivity contribution in [2.75, 3.05) is 0 Å². The molecule has 0 amide bonds. The monoisotopic (exact) mass is 506 g/mol. The van der Waals surface area contributed by atoms with Crippen molar-refractivity contribution in [3.63, 3.8) is 0 Å². The van der Waals surface area contributed by atoms with E-state index in [2.05, 4.69) is 125 Å². The first-order valence-corrected chi connectivity index (χ1v) is 12.2. The van der Waals surface area contributed by atoms with Crippen LogP contribution in [0.5, 0.6) is 0 Å². The van der Waals surface area contributed by atoms with Crippen molar-refractivity contribution in [1.29, 1.82) is 0 Å². The van der Waals surface area contributed by atoms with Gasteiger partial charge in [-0.05, 0) is 74.8 Å². The summed E-state index contributed by atoms with van der Waals surface area (Å²) in [5, 5.41) is 0.750. The van der Waals surface area contributed by atoms with E-state index < -0.39 is 5.41 Å². The van der Waals surface area contributed by atoms with Gasteiger partial charge < -0.3 is 0 Å². The van der Waals surface area contributed by atoms with Crippen LogP contribution in [0.1, 0.15) is 22.3 Å². The summed E-state index contributed by atoms with van der Waals surface area (Å²) in [6, 6.07) is 43.4. The molecule has 0 heterocycles. The lowest BCUT2D eigenvalue weighted by atomic mass is 9.67. The summed E-state index contributed by atoms with van der Waals surface area (Å²) >= 11 is 9.92. The maximum Gasteiger partial charge on any atom is 0.0714 e. The highest BCUT2D eigenvalue weighted by Crippen LogP contribution is 2.57. The van der Waals surface area contributed by atoms with E-state index in [4.69, 9.17) is 11.6 Å². The topological polar surface area (TPSA) is 0 Å². The second kappa shape index (κ2) is 8.02. The van der Waals surface area contributed by atoms with Crippen molar-refractivity contribution >= 4 is 27.5 Å². The summed E-state index contributed by atoms with van der Waals surface area (Å²) in [5.41, 5.74) is 9.65. The average molecular weight is 508 g/mol. The highest BCUT2D eigenvalue weighted by Gasteiger charge is 2.46. The summed E-state index contributed by atoms with van der Waals surface area (Å²) in [6.07, 6.45) is 0. The van der Waals surface area contributed by atoms with Crippen molar-refractivity contribution in [1.82, 2.24) is 0 Å². The van der Waals surface area contributed by atoms with Gasteiger partial charge in [0.05, 0.1) is 5.41 Å². The molecule has 0 saturated heterocycles. The number of hydrogen-bond acceptors (Lipinski definition) is 0. The summed E-state index contributed by atoms with van der Waals surface area (Å²) in [4.78, 5) is 0. The molecule has 33 heavy (non-hydrogen) atoms. The summed E-state index contributed by atoms with van der Waals surface area (Å²) < 4.78 is 1.09. The zero-order chi connectivity index (χ0) is 22.4. The maximum atomic E-state index is 6.17. The van der Waals surface area contributed by atoms with Gasteiger partial charge in [0, 0.05) is 9.50 Å². The van der Waals surface area contributed by atoms with Crippen molar-refractivity contribution < 1.29 is 0 Å². The number of hydrogen-bond donors (Lipinski definition) is 0. The van der Waals surface area contributed by atoms with Gasteiger partial charge in [-0.15, -0.1) is 0 Å². The molecule has 0 radical (unpaired) electrons. The Bertz CT molecular complexity index is 1420. The van der Waals surface area contributed by atoms with Crippen LogP contribution in [0, 0.1) is 0 Å². The minimum absolute atomic E-state index is 0.403. The van der Waals surface area contributed by atoms with Crippen LogP contribution in [0.25, 0.3) is 22.3 Å². The molecule has 0 unspecified atom stereocenters. The number of benzene rings is 5. The van der Waals surface area contributed by atoms with E-state index in [9.17, 15) is 0 Å². The second-order valence-corrected chi connectivity index (χ2v) is 9.79. The molecule has 6 rings (SSSR count). The molecule has 5 aromatic rings. The lowest BCUT2D eigenvalue weighted by Crippen LogP contribution is -2.28. The van der Waals surface area contributed by atoms with Gasteiger partial charge in [0.2, 0.25) is 0 Å². The third-order valence-corrected chi connectivity index (χ3v) is 7.44. The van der Waals surface area contributed by atoms with Gasteiger partial charge in [-0.3, -0.25) is 0 Å². The molecule has 0 N–H and O–H groups in total. The molecule has 0 aliphatic heterocycles. The fourth-order valence-corrected chi connectivity index (χ4v) is 5.77. The third kappa shape index (κ3) is 3.19. The van der Waals surface area contributed by atoms with E-state index >= 15 is 0 Å². The van der Waals surface area contributed by atoms with E-state index in [-0.39, 0.29) is 0 Å². The Labute approximate surface area is 207 Å². The summed E-state index contributed by atoms with van der Waals surface area (Å²) in [6.45, 7) is 0. The van der Waals surface area contributed by atoms with Gasteiger partial charge in [-0.2, -0.15) is 0 Å². The van der Waals surface area contributed by atoms with E-state index in [1.54, 1.807) is 0 Å². The minimum atomic E-state index is -0.403. The van der Waals surface area contributed by atoms with E-state index in [0.717, 1.165) is 15.1 Å². The van der Waals surface area contributed by atoms with Gasteiger partial charge in [-0.1, -0.05) is 119 Å². The number of rotatable bonds is 3. The lowest BCUT2D eigenvalue weighted by molar-refractivity contribution is 0.768. The van der Waals surface area contributed by atoms with Crippen molar-refractivity contribution in [2.24, 2.45) is 0 Å². The lowest BCUT2D eigenvalue weighted by Gasteiger charge is -2.34. The Kier molecular flexibility index (Phi) is 4.98. The van der Waals surface area contributed by atoms with Gasteiger partial charge >= 0.3 is 0 Å². The summed E-state index contributed by atoms with van der Waals surface area (Å²) in [7, 11) is 0. The first kappa shape index (κ1) is 20.5. The fraction of sp³-hybridized carbons (Fsp3) is 0.0323. The molecule has 158 valence electrons. The van der Waals surface area contributed by atoms with E-state index in [1.807, 2.05) is 12.1 Å². The Balaban J connectivity index is 1.73. The molecule has 0 aromatic heterocycles. The first-order valence-electron chi connectivity index (χ1n) is 11.0. The van der Waals surface area contributed by atoms with Gasteiger partial charge in [-0.25, -0.2) is 0 Å². The van der Waals surface area contributed by atoms with Gasteiger partial charge in [0.15, 0.2) is 0 Å². The molecule has 1 aliphatic carbocycles. The Morgan fingerprint density at radius 3 is 1.64 bits per heavy atom. The van der Waals surface area contributed by atoms with Crippen LogP contribution in [-0.4, -0.2) is 0 Å². The zero-order valence-corrected chi connectivity index (χ0v) is 20.1. The van der Waals surface area contributed by atoms with E-state index in [0.29, 0.717) is 0 Å². The molecule has 0 saturated carbocycles. The molecule has 0 atom stereocenters. The average Bonchev–Trinajstić information content (AvgIpc) is 3.15. The van der Waals surface area contributed by atoms with Crippen LogP contribution < -0.4 is 0 Å². The maximum absolute atomic E-state index is 6.17. The van der Waals surface area contributed by atoms with Crippen LogP contribution >= 0.6 is 27.5 Å². The quantitative estimate of drug-likeness (QED) is 0.224. The Morgan fingerprint density at radius 1 is 0.515 bits per heavy atom. The third-order valence-electron chi connectivity index (χ3n) is 6.69. The van der Waals surface area contributed by atoms with E-state index in [1.165, 1.54) is 38.9 Å². The predicted molar refractivity (Wildman–Crippen MR) is 142 cm³/mol. The van der Waals surface area contributed by atoms with Gasteiger partial charge in [0.1, 0.15) is 0 Å². The Hall–Kier alpha value is -3.13. The smallest absolute Gasteiger partial charge is 0.0714 e. The fourth-order valence-electron chi connectivity index (χ4n) is 5.28. The van der Waals surface area contributed by atoms with Crippen LogP contribution in [0.15, 0.2) is 126 Å². The molecule has 0 nitrogen and oxygen atoms in total. The molecule has 0 spiro atoms. The van der Waals surface area contributed by atoms with Crippen LogP contribution in [-0.2, 0) is 5.41 Å². The molecular formula is C31H20BrCl. The predicted octanol–water partition coefficient (Wildman–Crippen LogP) is 9.13. The summed E-state index contributed by atoms with van der Waals surface area (Å²) in [5.74, 6) is 0. The standard InChI is InChI=1S/C31H20BrCl/c32-25-14-18-28-27-17-13-22(21-11-15-26(33)16-12-21)19-29(27)31(30(28)20-25,23-7-3-1-4-8-23)24-9-5-2-6-10-24/h1-20H. The Morgan fingerprint density at radius 2 is 1.03 bits per heavy atom.